The van der Waals surface area contributed by atoms with Gasteiger partial charge in [0.05, 0.1) is 11.6 Å². The van der Waals surface area contributed by atoms with Crippen molar-refractivity contribution < 1.29 is 29.0 Å². The van der Waals surface area contributed by atoms with Gasteiger partial charge in [-0.15, -0.1) is 0 Å². The standard InChI is InChI=1S/C17H17NO6/c1-9(19)12-6-14-15(24-8-23-14)7-13(12)18-16(20)10-4-2-3-5-11(10)17(21)22/h2-3,6-7,10-11H,4-5,8H2,1H3,(H,18,20)(H,21,22)/p-1/t10-,11+/m0/s1. The van der Waals surface area contributed by atoms with Gasteiger partial charge in [-0.05, 0) is 25.8 Å². The lowest BCUT2D eigenvalue weighted by atomic mass is 9.82. The number of carboxylic acids is 1. The fourth-order valence-corrected chi connectivity index (χ4v) is 2.93. The molecular formula is C17H16NO6-. The number of nitrogens with one attached hydrogen (secondary N) is 1. The van der Waals surface area contributed by atoms with E-state index in [1.165, 1.54) is 19.1 Å². The number of anilines is 1. The summed E-state index contributed by atoms with van der Waals surface area (Å²) >= 11 is 0. The number of Topliss-reactive ketones (excluding diaryl/α,β-unsaturated/α-hetero) is 1. The van der Waals surface area contributed by atoms with Crippen molar-refractivity contribution in [1.82, 2.24) is 0 Å². The van der Waals surface area contributed by atoms with Crippen molar-refractivity contribution in [3.8, 4) is 11.5 Å². The zero-order valence-electron chi connectivity index (χ0n) is 13.0. The summed E-state index contributed by atoms with van der Waals surface area (Å²) in [5.41, 5.74) is 0.562. The van der Waals surface area contributed by atoms with Crippen LogP contribution in [0.5, 0.6) is 11.5 Å². The van der Waals surface area contributed by atoms with Gasteiger partial charge in [0.2, 0.25) is 12.7 Å². The lowest BCUT2D eigenvalue weighted by molar-refractivity contribution is -0.313. The van der Waals surface area contributed by atoms with Crippen LogP contribution < -0.4 is 19.9 Å². The van der Waals surface area contributed by atoms with Crippen LogP contribution in [0.3, 0.4) is 0 Å². The summed E-state index contributed by atoms with van der Waals surface area (Å²) in [7, 11) is 0. The van der Waals surface area contributed by atoms with E-state index < -0.39 is 23.7 Å². The Morgan fingerprint density at radius 2 is 1.71 bits per heavy atom. The zero-order valence-corrected chi connectivity index (χ0v) is 13.0. The van der Waals surface area contributed by atoms with E-state index >= 15 is 0 Å². The third-order valence-electron chi connectivity index (χ3n) is 4.22. The second-order valence-electron chi connectivity index (χ2n) is 5.77. The maximum atomic E-state index is 12.5. The van der Waals surface area contributed by atoms with Crippen molar-refractivity contribution in [3.05, 3.63) is 29.8 Å². The Bertz CT molecular complexity index is 739. The zero-order chi connectivity index (χ0) is 17.3. The molecule has 0 bridgehead atoms. The Morgan fingerprint density at radius 3 is 2.33 bits per heavy atom. The minimum Gasteiger partial charge on any atom is -0.550 e. The predicted octanol–water partition coefficient (Wildman–Crippen LogP) is 0.889. The van der Waals surface area contributed by atoms with E-state index in [4.69, 9.17) is 9.47 Å². The van der Waals surface area contributed by atoms with Crippen molar-refractivity contribution in [1.29, 1.82) is 0 Å². The maximum absolute atomic E-state index is 12.5. The Kier molecular flexibility index (Phi) is 4.24. The van der Waals surface area contributed by atoms with Crippen LogP contribution >= 0.6 is 0 Å². The molecule has 1 aromatic rings. The van der Waals surface area contributed by atoms with Crippen LogP contribution in [0, 0.1) is 11.8 Å². The molecular weight excluding hydrogens is 314 g/mol. The van der Waals surface area contributed by atoms with Gasteiger partial charge in [0, 0.05) is 23.5 Å². The molecule has 2 aliphatic rings. The van der Waals surface area contributed by atoms with E-state index in [-0.39, 0.29) is 30.2 Å². The molecule has 1 aliphatic heterocycles. The number of fused-ring (bicyclic) bond motifs is 1. The van der Waals surface area contributed by atoms with Gasteiger partial charge in [0.25, 0.3) is 0 Å². The van der Waals surface area contributed by atoms with Crippen molar-refractivity contribution >= 4 is 23.3 Å². The molecule has 2 atom stereocenters. The van der Waals surface area contributed by atoms with Crippen LogP contribution in [0.15, 0.2) is 24.3 Å². The second-order valence-corrected chi connectivity index (χ2v) is 5.77. The molecule has 0 saturated carbocycles. The predicted molar refractivity (Wildman–Crippen MR) is 81.6 cm³/mol. The molecule has 0 spiro atoms. The molecule has 1 N–H and O–H groups in total. The number of hydrogen-bond acceptors (Lipinski definition) is 6. The monoisotopic (exact) mass is 330 g/mol. The van der Waals surface area contributed by atoms with Gasteiger partial charge in [-0.3, -0.25) is 9.59 Å². The number of hydrogen-bond donors (Lipinski definition) is 1. The number of benzene rings is 1. The molecule has 0 saturated heterocycles. The van der Waals surface area contributed by atoms with E-state index in [1.54, 1.807) is 12.2 Å². The van der Waals surface area contributed by atoms with Crippen LogP contribution in [-0.4, -0.2) is 24.5 Å². The molecule has 126 valence electrons. The quantitative estimate of drug-likeness (QED) is 0.649. The van der Waals surface area contributed by atoms with Gasteiger partial charge < -0.3 is 24.7 Å². The molecule has 1 aliphatic carbocycles. The van der Waals surface area contributed by atoms with Crippen molar-refractivity contribution in [2.75, 3.05) is 12.1 Å². The molecule has 7 heteroatoms. The van der Waals surface area contributed by atoms with Crippen LogP contribution in [0.2, 0.25) is 0 Å². The Hall–Kier alpha value is -2.83. The smallest absolute Gasteiger partial charge is 0.231 e. The summed E-state index contributed by atoms with van der Waals surface area (Å²) in [6.45, 7) is 1.42. The molecule has 1 aromatic carbocycles. The highest BCUT2D eigenvalue weighted by molar-refractivity contribution is 6.05. The SMILES string of the molecule is CC(=O)c1cc2c(cc1NC(=O)[C@H]1CC=CC[C@H]1C(=O)[O-])OCO2. The molecule has 1 amide bonds. The average Bonchev–Trinajstić information content (AvgIpc) is 3.01. The number of ether oxygens (including phenoxy) is 2. The van der Waals surface area contributed by atoms with Crippen LogP contribution in [0.1, 0.15) is 30.1 Å². The Morgan fingerprint density at radius 1 is 1.08 bits per heavy atom. The normalized spacial score (nSPS) is 21.4. The van der Waals surface area contributed by atoms with Gasteiger partial charge >= 0.3 is 0 Å². The molecule has 0 radical (unpaired) electrons. The van der Waals surface area contributed by atoms with Crippen molar-refractivity contribution in [2.45, 2.75) is 19.8 Å². The summed E-state index contributed by atoms with van der Waals surface area (Å²) in [6, 6.07) is 3.03. The number of ketones is 1. The summed E-state index contributed by atoms with van der Waals surface area (Å²) in [5.74, 6) is -2.73. The summed E-state index contributed by atoms with van der Waals surface area (Å²) < 4.78 is 10.5. The first-order chi connectivity index (χ1) is 11.5. The molecule has 1 heterocycles. The number of aliphatic carboxylic acids is 1. The largest absolute Gasteiger partial charge is 0.550 e. The van der Waals surface area contributed by atoms with Gasteiger partial charge in [0.1, 0.15) is 0 Å². The molecule has 0 fully saturated rings. The first kappa shape index (κ1) is 16.0. The first-order valence-electron chi connectivity index (χ1n) is 7.58. The summed E-state index contributed by atoms with van der Waals surface area (Å²) in [6.07, 6.45) is 4.06. The van der Waals surface area contributed by atoms with Gasteiger partial charge in [-0.2, -0.15) is 0 Å². The van der Waals surface area contributed by atoms with Crippen LogP contribution in [-0.2, 0) is 9.59 Å². The average molecular weight is 330 g/mol. The van der Waals surface area contributed by atoms with E-state index in [2.05, 4.69) is 5.32 Å². The summed E-state index contributed by atoms with van der Waals surface area (Å²) in [4.78, 5) is 35.6. The number of carbonyl (C=O) groups is 3. The highest BCUT2D eigenvalue weighted by Crippen LogP contribution is 2.38. The van der Waals surface area contributed by atoms with E-state index in [9.17, 15) is 19.5 Å². The number of carboxylic acid groups (broad SMARTS) is 1. The minimum absolute atomic E-state index is 0.0459. The third-order valence-corrected chi connectivity index (χ3v) is 4.22. The highest BCUT2D eigenvalue weighted by Gasteiger charge is 2.31. The lowest BCUT2D eigenvalue weighted by Crippen LogP contribution is -2.41. The van der Waals surface area contributed by atoms with Crippen molar-refractivity contribution in [2.24, 2.45) is 11.8 Å². The Balaban J connectivity index is 1.87. The van der Waals surface area contributed by atoms with Gasteiger partial charge in [-0.1, -0.05) is 12.2 Å². The van der Waals surface area contributed by atoms with Crippen LogP contribution in [0.25, 0.3) is 0 Å². The third kappa shape index (κ3) is 2.97. The molecule has 7 nitrogen and oxygen atoms in total. The number of carbonyl (C=O) groups excluding carboxylic acids is 3. The number of amides is 1. The Labute approximate surface area is 138 Å². The fourth-order valence-electron chi connectivity index (χ4n) is 2.93. The molecule has 0 aromatic heterocycles. The van der Waals surface area contributed by atoms with E-state index in [1.807, 2.05) is 0 Å². The molecule has 3 rings (SSSR count). The van der Waals surface area contributed by atoms with Gasteiger partial charge in [0.15, 0.2) is 17.3 Å². The maximum Gasteiger partial charge on any atom is 0.231 e. The molecule has 0 unspecified atom stereocenters. The lowest BCUT2D eigenvalue weighted by Gasteiger charge is -2.28. The molecule has 24 heavy (non-hydrogen) atoms. The second kappa shape index (κ2) is 6.35. The first-order valence-corrected chi connectivity index (χ1v) is 7.58. The van der Waals surface area contributed by atoms with Crippen molar-refractivity contribution in [3.63, 3.8) is 0 Å². The topological polar surface area (TPSA) is 105 Å². The summed E-state index contributed by atoms with van der Waals surface area (Å²) in [5, 5.41) is 13.9. The van der Waals surface area contributed by atoms with Gasteiger partial charge in [-0.25, -0.2) is 0 Å². The fraction of sp³-hybridized carbons (Fsp3) is 0.353. The minimum atomic E-state index is -1.25. The van der Waals surface area contributed by atoms with E-state index in [0.29, 0.717) is 17.9 Å². The van der Waals surface area contributed by atoms with E-state index in [0.717, 1.165) is 0 Å². The highest BCUT2D eigenvalue weighted by atomic mass is 16.7. The number of allylic oxidation sites excluding steroid dienone is 2. The number of rotatable bonds is 4. The van der Waals surface area contributed by atoms with Crippen LogP contribution in [0.4, 0.5) is 5.69 Å².